The fourth-order valence-corrected chi connectivity index (χ4v) is 3.89. The second-order valence-electron chi connectivity index (χ2n) is 7.13. The summed E-state index contributed by atoms with van der Waals surface area (Å²) in [6.07, 6.45) is -14.5. The van der Waals surface area contributed by atoms with Crippen molar-refractivity contribution in [3.63, 3.8) is 0 Å². The minimum Gasteiger partial charge on any atom is -0.548 e. The maximum atomic E-state index is 10.8. The van der Waals surface area contributed by atoms with E-state index in [9.17, 15) is 40.5 Å². The molecule has 1 unspecified atom stereocenters. The zero-order valence-electron chi connectivity index (χ0n) is 16.2. The van der Waals surface area contributed by atoms with Gasteiger partial charge in [0.2, 0.25) is 0 Å². The van der Waals surface area contributed by atoms with Gasteiger partial charge < -0.3 is 64.2 Å². The predicted molar refractivity (Wildman–Crippen MR) is 84.9 cm³/mol. The molecule has 0 aromatic heterocycles. The van der Waals surface area contributed by atoms with Gasteiger partial charge in [-0.1, -0.05) is 0 Å². The van der Waals surface area contributed by atoms with Crippen molar-refractivity contribution in [1.82, 2.24) is 0 Å². The number of carbonyl (C=O) groups is 1. The van der Waals surface area contributed by atoms with E-state index >= 15 is 0 Å². The van der Waals surface area contributed by atoms with Crippen LogP contribution >= 0.6 is 0 Å². The van der Waals surface area contributed by atoms with E-state index in [2.05, 4.69) is 0 Å². The van der Waals surface area contributed by atoms with Crippen molar-refractivity contribution < 1.29 is 93.8 Å². The van der Waals surface area contributed by atoms with Gasteiger partial charge in [-0.25, -0.2) is 0 Å². The maximum Gasteiger partial charge on any atom is 1.00 e. The molecule has 6 N–H and O–H groups in total. The number of aliphatic hydroxyl groups is 6. The summed E-state index contributed by atoms with van der Waals surface area (Å²) in [7, 11) is 0. The SMILES string of the molecule is O=C([O-])CO[C@H]1[C@@H](O)[C@@H](CO)O[C@H]2C([C@H]3O[C@H](CO)[C@@H](O)[C@H](O)[C@@H]3O)OCO[C@H]12.[Na+]. The minimum absolute atomic E-state index is 0. The van der Waals surface area contributed by atoms with Crippen molar-refractivity contribution >= 4 is 5.97 Å². The molecule has 0 aromatic carbocycles. The average Bonchev–Trinajstić information content (AvgIpc) is 2.70. The van der Waals surface area contributed by atoms with E-state index < -0.39 is 92.9 Å². The van der Waals surface area contributed by atoms with Crippen molar-refractivity contribution in [2.24, 2.45) is 0 Å². The van der Waals surface area contributed by atoms with Gasteiger partial charge in [-0.05, 0) is 0 Å². The molecule has 0 aromatic rings. The molecule has 3 saturated heterocycles. The van der Waals surface area contributed by atoms with Crippen LogP contribution in [-0.2, 0) is 28.5 Å². The van der Waals surface area contributed by atoms with Crippen LogP contribution in [0.15, 0.2) is 0 Å². The molecule has 0 amide bonds. The zero-order chi connectivity index (χ0) is 21.3. The van der Waals surface area contributed by atoms with Crippen LogP contribution in [0.25, 0.3) is 0 Å². The Morgan fingerprint density at radius 2 is 1.40 bits per heavy atom. The van der Waals surface area contributed by atoms with Crippen molar-refractivity contribution in [3.8, 4) is 0 Å². The Bertz CT molecular complexity index is 565. The Hall–Kier alpha value is 0.0300. The molecule has 11 atom stereocenters. The fourth-order valence-electron chi connectivity index (χ4n) is 3.89. The molecule has 3 rings (SSSR count). The number of aliphatic hydroxyl groups excluding tert-OH is 6. The average molecular weight is 448 g/mol. The van der Waals surface area contributed by atoms with Crippen LogP contribution in [0.4, 0.5) is 0 Å². The largest absolute Gasteiger partial charge is 1.00 e. The van der Waals surface area contributed by atoms with Crippen molar-refractivity contribution in [2.75, 3.05) is 26.6 Å². The molecule has 3 aliphatic rings. The Morgan fingerprint density at radius 1 is 0.833 bits per heavy atom. The van der Waals surface area contributed by atoms with Gasteiger partial charge >= 0.3 is 29.6 Å². The van der Waals surface area contributed by atoms with Crippen molar-refractivity contribution in [1.29, 1.82) is 0 Å². The third-order valence-corrected chi connectivity index (χ3v) is 5.37. The Kier molecular flexibility index (Phi) is 9.85. The first-order valence-electron chi connectivity index (χ1n) is 9.09. The van der Waals surface area contributed by atoms with Gasteiger partial charge in [0.15, 0.2) is 0 Å². The van der Waals surface area contributed by atoms with E-state index in [1.54, 1.807) is 0 Å². The fraction of sp³-hybridized carbons (Fsp3) is 0.938. The van der Waals surface area contributed by atoms with E-state index in [1.807, 2.05) is 0 Å². The first-order valence-corrected chi connectivity index (χ1v) is 9.09. The smallest absolute Gasteiger partial charge is 0.548 e. The van der Waals surface area contributed by atoms with Crippen LogP contribution in [0.2, 0.25) is 0 Å². The van der Waals surface area contributed by atoms with Gasteiger partial charge in [0, 0.05) is 0 Å². The summed E-state index contributed by atoms with van der Waals surface area (Å²) in [4.78, 5) is 10.8. The van der Waals surface area contributed by atoms with Gasteiger partial charge in [-0.3, -0.25) is 0 Å². The summed E-state index contributed by atoms with van der Waals surface area (Å²) in [6, 6.07) is 0. The van der Waals surface area contributed by atoms with Crippen molar-refractivity contribution in [3.05, 3.63) is 0 Å². The van der Waals surface area contributed by atoms with E-state index in [0.717, 1.165) is 0 Å². The van der Waals surface area contributed by atoms with Gasteiger partial charge in [-0.2, -0.15) is 0 Å². The van der Waals surface area contributed by atoms with Gasteiger partial charge in [0.1, 0.15) is 73.9 Å². The molecule has 168 valence electrons. The van der Waals surface area contributed by atoms with E-state index in [0.29, 0.717) is 0 Å². The minimum atomic E-state index is -1.65. The molecular formula is C16H25NaO13. The number of carboxylic acid groups (broad SMARTS) is 1. The molecule has 3 aliphatic heterocycles. The van der Waals surface area contributed by atoms with Crippen LogP contribution in [0, 0.1) is 0 Å². The third-order valence-electron chi connectivity index (χ3n) is 5.37. The molecule has 3 fully saturated rings. The summed E-state index contributed by atoms with van der Waals surface area (Å²) in [6.45, 7) is -2.50. The Morgan fingerprint density at radius 3 is 2.00 bits per heavy atom. The first-order chi connectivity index (χ1) is 13.8. The molecule has 30 heavy (non-hydrogen) atoms. The molecule has 3 heterocycles. The van der Waals surface area contributed by atoms with Crippen LogP contribution in [-0.4, -0.2) is 130 Å². The number of hydrogen-bond acceptors (Lipinski definition) is 13. The molecule has 0 bridgehead atoms. The number of aliphatic carboxylic acids is 1. The summed E-state index contributed by atoms with van der Waals surface area (Å²) in [5.41, 5.74) is 0. The van der Waals surface area contributed by atoms with Crippen molar-refractivity contribution in [2.45, 2.75) is 67.1 Å². The topological polar surface area (TPSA) is 208 Å². The summed E-state index contributed by atoms with van der Waals surface area (Å²) >= 11 is 0. The quantitative estimate of drug-likeness (QED) is 0.209. The van der Waals surface area contributed by atoms with Crippen LogP contribution in [0.5, 0.6) is 0 Å². The summed E-state index contributed by atoms with van der Waals surface area (Å²) in [5, 5.41) is 70.4. The van der Waals surface area contributed by atoms with E-state index in [-0.39, 0.29) is 36.4 Å². The van der Waals surface area contributed by atoms with Crippen LogP contribution in [0.1, 0.15) is 0 Å². The number of rotatable bonds is 6. The Labute approximate surface area is 193 Å². The number of carbonyl (C=O) groups excluding carboxylic acids is 1. The van der Waals surface area contributed by atoms with E-state index in [4.69, 9.17) is 23.7 Å². The van der Waals surface area contributed by atoms with Gasteiger partial charge in [0.25, 0.3) is 0 Å². The number of carboxylic acids is 1. The monoisotopic (exact) mass is 448 g/mol. The van der Waals surface area contributed by atoms with Gasteiger partial charge in [-0.15, -0.1) is 0 Å². The molecule has 13 nitrogen and oxygen atoms in total. The number of hydrogen-bond donors (Lipinski definition) is 6. The standard InChI is InChI=1S/C16H26O13.Na/c17-1-5-8(21)10(23)11(24)13(28-5)15-16-14(26-4-27-15)12(25-3-7(19)20)9(22)6(2-18)29-16;/h5-6,8-18,21-24H,1-4H2,(H,19,20);/q;+1/p-1/t5-,6-,8-,9+,10+,11+,12+,13+,14-,15?,16-;/m1./s1. The molecule has 0 saturated carbocycles. The molecular weight excluding hydrogens is 423 g/mol. The van der Waals surface area contributed by atoms with E-state index in [1.165, 1.54) is 0 Å². The van der Waals surface area contributed by atoms with Gasteiger partial charge in [0.05, 0.1) is 25.8 Å². The van der Waals surface area contributed by atoms with Crippen LogP contribution in [0.3, 0.4) is 0 Å². The Balaban J connectivity index is 0.00000320. The molecule has 0 radical (unpaired) electrons. The zero-order valence-corrected chi connectivity index (χ0v) is 18.2. The number of fused-ring (bicyclic) bond motifs is 1. The second-order valence-corrected chi connectivity index (χ2v) is 7.13. The molecule has 14 heteroatoms. The maximum absolute atomic E-state index is 10.8. The summed E-state index contributed by atoms with van der Waals surface area (Å²) < 4.78 is 27.2. The summed E-state index contributed by atoms with van der Waals surface area (Å²) in [5.74, 6) is -1.53. The first kappa shape index (κ1) is 26.3. The molecule has 0 spiro atoms. The predicted octanol–water partition coefficient (Wildman–Crippen LogP) is -9.17. The van der Waals surface area contributed by atoms with Crippen LogP contribution < -0.4 is 34.7 Å². The second kappa shape index (κ2) is 11.2. The normalized spacial score (nSPS) is 46.5. The number of ether oxygens (including phenoxy) is 5. The molecule has 0 aliphatic carbocycles. The third kappa shape index (κ3) is 5.15.